The Morgan fingerprint density at radius 1 is 1.10 bits per heavy atom. The summed E-state index contributed by atoms with van der Waals surface area (Å²) >= 11 is 0. The van der Waals surface area contributed by atoms with E-state index in [1.54, 1.807) is 30.3 Å². The van der Waals surface area contributed by atoms with Crippen LogP contribution in [0.4, 0.5) is 16.2 Å². The molecule has 6 nitrogen and oxygen atoms in total. The molecule has 2 amide bonds. The van der Waals surface area contributed by atoms with Crippen LogP contribution in [-0.4, -0.2) is 16.2 Å². The SMILES string of the molecule is CC(Nc1cccc(NC(N)=O)c1)c1cc(O)cc(O)c1. The number of anilines is 2. The molecule has 21 heavy (non-hydrogen) atoms. The molecule has 0 spiro atoms. The Bertz CT molecular complexity index is 638. The molecule has 2 aromatic rings. The van der Waals surface area contributed by atoms with E-state index in [1.807, 2.05) is 13.0 Å². The van der Waals surface area contributed by atoms with Crippen molar-refractivity contribution in [3.05, 3.63) is 48.0 Å². The van der Waals surface area contributed by atoms with Crippen molar-refractivity contribution in [2.75, 3.05) is 10.6 Å². The Morgan fingerprint density at radius 2 is 1.71 bits per heavy atom. The van der Waals surface area contributed by atoms with Crippen LogP contribution in [0.25, 0.3) is 0 Å². The zero-order valence-electron chi connectivity index (χ0n) is 11.5. The number of primary amides is 1. The molecule has 0 heterocycles. The average molecular weight is 287 g/mol. The maximum Gasteiger partial charge on any atom is 0.316 e. The molecule has 6 N–H and O–H groups in total. The van der Waals surface area contributed by atoms with E-state index in [-0.39, 0.29) is 17.5 Å². The van der Waals surface area contributed by atoms with Gasteiger partial charge in [-0.25, -0.2) is 4.79 Å². The van der Waals surface area contributed by atoms with Crippen molar-refractivity contribution in [2.45, 2.75) is 13.0 Å². The van der Waals surface area contributed by atoms with Gasteiger partial charge in [-0.05, 0) is 42.8 Å². The highest BCUT2D eigenvalue weighted by Gasteiger charge is 2.08. The number of urea groups is 1. The van der Waals surface area contributed by atoms with Crippen LogP contribution in [-0.2, 0) is 0 Å². The molecule has 2 rings (SSSR count). The number of phenolic OH excluding ortho intramolecular Hbond substituents is 2. The van der Waals surface area contributed by atoms with Gasteiger partial charge in [0.05, 0.1) is 0 Å². The van der Waals surface area contributed by atoms with Gasteiger partial charge in [0.2, 0.25) is 0 Å². The van der Waals surface area contributed by atoms with Gasteiger partial charge in [-0.15, -0.1) is 0 Å². The first-order valence-electron chi connectivity index (χ1n) is 6.40. The highest BCUT2D eigenvalue weighted by molar-refractivity contribution is 5.88. The molecule has 0 saturated heterocycles. The molecule has 0 fully saturated rings. The van der Waals surface area contributed by atoms with Crippen LogP contribution < -0.4 is 16.4 Å². The normalized spacial score (nSPS) is 11.7. The Hall–Kier alpha value is -2.89. The predicted molar refractivity (Wildman–Crippen MR) is 81.5 cm³/mol. The molecule has 0 saturated carbocycles. The molecule has 110 valence electrons. The standard InChI is InChI=1S/C15H17N3O3/c1-9(10-5-13(19)8-14(20)6-10)17-11-3-2-4-12(7-11)18-15(16)21/h2-9,17,19-20H,1H3,(H3,16,18,21). The molecule has 0 aromatic heterocycles. The Labute approximate surface area is 122 Å². The number of phenols is 2. The summed E-state index contributed by atoms with van der Waals surface area (Å²) in [5.41, 5.74) is 7.17. The lowest BCUT2D eigenvalue weighted by Crippen LogP contribution is -2.19. The van der Waals surface area contributed by atoms with E-state index in [4.69, 9.17) is 5.73 Å². The Kier molecular flexibility index (Phi) is 4.18. The van der Waals surface area contributed by atoms with Crippen molar-refractivity contribution in [1.29, 1.82) is 0 Å². The number of carbonyl (C=O) groups excluding carboxylic acids is 1. The highest BCUT2D eigenvalue weighted by atomic mass is 16.3. The summed E-state index contributed by atoms with van der Waals surface area (Å²) in [7, 11) is 0. The van der Waals surface area contributed by atoms with Crippen LogP contribution in [0, 0.1) is 0 Å². The zero-order chi connectivity index (χ0) is 15.4. The lowest BCUT2D eigenvalue weighted by Gasteiger charge is -2.17. The maximum atomic E-state index is 10.8. The minimum absolute atomic E-state index is 0.00259. The van der Waals surface area contributed by atoms with Crippen LogP contribution in [0.2, 0.25) is 0 Å². The average Bonchev–Trinajstić information content (AvgIpc) is 2.37. The molecule has 0 radical (unpaired) electrons. The highest BCUT2D eigenvalue weighted by Crippen LogP contribution is 2.27. The summed E-state index contributed by atoms with van der Waals surface area (Å²) in [6.45, 7) is 1.89. The number of hydrogen-bond donors (Lipinski definition) is 5. The first-order valence-corrected chi connectivity index (χ1v) is 6.40. The molecule has 1 unspecified atom stereocenters. The van der Waals surface area contributed by atoms with Gasteiger partial charge in [0.15, 0.2) is 0 Å². The first kappa shape index (κ1) is 14.5. The third-order valence-corrected chi connectivity index (χ3v) is 2.94. The smallest absolute Gasteiger partial charge is 0.316 e. The van der Waals surface area contributed by atoms with E-state index in [0.29, 0.717) is 5.69 Å². The summed E-state index contributed by atoms with van der Waals surface area (Å²) in [6.07, 6.45) is 0. The monoisotopic (exact) mass is 287 g/mol. The fourth-order valence-electron chi connectivity index (χ4n) is 2.03. The molecule has 1 atom stereocenters. The van der Waals surface area contributed by atoms with Gasteiger partial charge in [0, 0.05) is 23.5 Å². The van der Waals surface area contributed by atoms with Crippen molar-refractivity contribution < 1.29 is 15.0 Å². The van der Waals surface area contributed by atoms with Gasteiger partial charge >= 0.3 is 6.03 Å². The van der Waals surface area contributed by atoms with Crippen molar-refractivity contribution in [3.63, 3.8) is 0 Å². The number of benzene rings is 2. The van der Waals surface area contributed by atoms with E-state index in [1.165, 1.54) is 6.07 Å². The fraction of sp³-hybridized carbons (Fsp3) is 0.133. The predicted octanol–water partition coefficient (Wildman–Crippen LogP) is 2.76. The van der Waals surface area contributed by atoms with Crippen LogP contribution in [0.3, 0.4) is 0 Å². The largest absolute Gasteiger partial charge is 0.508 e. The third-order valence-electron chi connectivity index (χ3n) is 2.94. The minimum atomic E-state index is -0.627. The second-order valence-corrected chi connectivity index (χ2v) is 4.72. The lowest BCUT2D eigenvalue weighted by molar-refractivity contribution is 0.259. The van der Waals surface area contributed by atoms with Crippen molar-refractivity contribution in [1.82, 2.24) is 0 Å². The number of carbonyl (C=O) groups is 1. The first-order chi connectivity index (χ1) is 9.94. The van der Waals surface area contributed by atoms with Crippen molar-refractivity contribution >= 4 is 17.4 Å². The summed E-state index contributed by atoms with van der Waals surface area (Å²) < 4.78 is 0. The third kappa shape index (κ3) is 4.04. The summed E-state index contributed by atoms with van der Waals surface area (Å²) in [5, 5.41) is 24.7. The van der Waals surface area contributed by atoms with Crippen LogP contribution in [0.15, 0.2) is 42.5 Å². The quantitative estimate of drug-likeness (QED) is 0.596. The topological polar surface area (TPSA) is 108 Å². The number of nitrogens with two attached hydrogens (primary N) is 1. The van der Waals surface area contributed by atoms with Crippen molar-refractivity contribution in [2.24, 2.45) is 5.73 Å². The Balaban J connectivity index is 2.15. The number of nitrogens with one attached hydrogen (secondary N) is 2. The van der Waals surface area contributed by atoms with Gasteiger partial charge in [-0.2, -0.15) is 0 Å². The van der Waals surface area contributed by atoms with E-state index in [2.05, 4.69) is 10.6 Å². The second kappa shape index (κ2) is 6.04. The number of hydrogen-bond acceptors (Lipinski definition) is 4. The lowest BCUT2D eigenvalue weighted by atomic mass is 10.1. The summed E-state index contributed by atoms with van der Waals surface area (Å²) in [4.78, 5) is 10.8. The van der Waals surface area contributed by atoms with Crippen LogP contribution >= 0.6 is 0 Å². The Morgan fingerprint density at radius 3 is 2.33 bits per heavy atom. The van der Waals surface area contributed by atoms with Crippen molar-refractivity contribution in [3.8, 4) is 11.5 Å². The van der Waals surface area contributed by atoms with E-state index >= 15 is 0 Å². The van der Waals surface area contributed by atoms with Gasteiger partial charge in [-0.3, -0.25) is 0 Å². The minimum Gasteiger partial charge on any atom is -0.508 e. The molecule has 0 aliphatic heterocycles. The van der Waals surface area contributed by atoms with Gasteiger partial charge in [0.1, 0.15) is 11.5 Å². The molecular weight excluding hydrogens is 270 g/mol. The second-order valence-electron chi connectivity index (χ2n) is 4.72. The molecule has 0 aliphatic rings. The molecule has 6 heteroatoms. The zero-order valence-corrected chi connectivity index (χ0v) is 11.5. The van der Waals surface area contributed by atoms with E-state index < -0.39 is 6.03 Å². The number of aromatic hydroxyl groups is 2. The van der Waals surface area contributed by atoms with Crippen LogP contribution in [0.1, 0.15) is 18.5 Å². The molecule has 0 aliphatic carbocycles. The van der Waals surface area contributed by atoms with Gasteiger partial charge in [0.25, 0.3) is 0 Å². The number of amides is 2. The van der Waals surface area contributed by atoms with Crippen LogP contribution in [0.5, 0.6) is 11.5 Å². The maximum absolute atomic E-state index is 10.8. The van der Waals surface area contributed by atoms with E-state index in [9.17, 15) is 15.0 Å². The number of rotatable bonds is 4. The van der Waals surface area contributed by atoms with Gasteiger partial charge < -0.3 is 26.6 Å². The fourth-order valence-corrected chi connectivity index (χ4v) is 2.03. The summed E-state index contributed by atoms with van der Waals surface area (Å²) in [6, 6.07) is 10.7. The molecule has 0 bridgehead atoms. The molecular formula is C15H17N3O3. The van der Waals surface area contributed by atoms with E-state index in [0.717, 1.165) is 11.3 Å². The molecule has 2 aromatic carbocycles. The van der Waals surface area contributed by atoms with Gasteiger partial charge in [-0.1, -0.05) is 6.07 Å². The summed E-state index contributed by atoms with van der Waals surface area (Å²) in [5.74, 6) is 0.00518.